The van der Waals surface area contributed by atoms with Crippen molar-refractivity contribution >= 4 is 0 Å². The van der Waals surface area contributed by atoms with Gasteiger partial charge in [0.25, 0.3) is 0 Å². The molecule has 1 aromatic rings. The number of likely N-dealkylation sites (tertiary alicyclic amines) is 1. The van der Waals surface area contributed by atoms with Gasteiger partial charge < -0.3 is 14.9 Å². The summed E-state index contributed by atoms with van der Waals surface area (Å²) in [6.07, 6.45) is 2.38. The molecule has 3 heteroatoms. The lowest BCUT2D eigenvalue weighted by Gasteiger charge is -2.38. The largest absolute Gasteiger partial charge is 0.384 e. The number of β-amino-alcohol motifs (C(OH)–C–C–N with tert-alkyl or cyclic N) is 1. The summed E-state index contributed by atoms with van der Waals surface area (Å²) in [7, 11) is 4.31. The van der Waals surface area contributed by atoms with Crippen molar-refractivity contribution in [2.45, 2.75) is 31.4 Å². The highest BCUT2D eigenvalue weighted by Crippen LogP contribution is 2.24. The minimum absolute atomic E-state index is 0.693. The van der Waals surface area contributed by atoms with Crippen LogP contribution >= 0.6 is 0 Å². The lowest BCUT2D eigenvalue weighted by atomic mass is 9.94. The summed E-state index contributed by atoms with van der Waals surface area (Å²) in [6.45, 7) is 4.79. The van der Waals surface area contributed by atoms with Gasteiger partial charge in [0.1, 0.15) is 0 Å². The summed E-state index contributed by atoms with van der Waals surface area (Å²) in [6, 6.07) is 10.7. The van der Waals surface area contributed by atoms with Gasteiger partial charge in [-0.3, -0.25) is 0 Å². The number of aliphatic hydroxyl groups is 1. The van der Waals surface area contributed by atoms with Crippen LogP contribution in [0.1, 0.15) is 25.3 Å². The molecule has 1 fully saturated rings. The van der Waals surface area contributed by atoms with Crippen molar-refractivity contribution < 1.29 is 5.11 Å². The maximum absolute atomic E-state index is 10.7. The van der Waals surface area contributed by atoms with E-state index < -0.39 is 5.60 Å². The van der Waals surface area contributed by atoms with Crippen LogP contribution in [0.3, 0.4) is 0 Å². The molecular formula is C16H26N2O. The zero-order valence-electron chi connectivity index (χ0n) is 12.3. The normalized spacial score (nSPS) is 21.5. The van der Waals surface area contributed by atoms with Crippen molar-refractivity contribution in [1.29, 1.82) is 0 Å². The van der Waals surface area contributed by atoms with E-state index in [-0.39, 0.29) is 0 Å². The fourth-order valence-electron chi connectivity index (χ4n) is 2.92. The number of piperidine rings is 1. The number of hydrogen-bond donors (Lipinski definition) is 1. The molecule has 19 heavy (non-hydrogen) atoms. The van der Waals surface area contributed by atoms with Gasteiger partial charge in [-0.2, -0.15) is 0 Å². The van der Waals surface area contributed by atoms with E-state index in [9.17, 15) is 5.11 Å². The fraction of sp³-hybridized carbons (Fsp3) is 0.625. The van der Waals surface area contributed by atoms with E-state index >= 15 is 0 Å². The second-order valence-corrected chi connectivity index (χ2v) is 6.11. The number of hydrogen-bond acceptors (Lipinski definition) is 3. The maximum Gasteiger partial charge on any atom is 0.0994 e. The van der Waals surface area contributed by atoms with Crippen molar-refractivity contribution in [1.82, 2.24) is 9.80 Å². The fourth-order valence-corrected chi connectivity index (χ4v) is 2.92. The predicted molar refractivity (Wildman–Crippen MR) is 79.2 cm³/mol. The van der Waals surface area contributed by atoms with Crippen LogP contribution < -0.4 is 0 Å². The van der Waals surface area contributed by atoms with Crippen molar-refractivity contribution in [3.8, 4) is 0 Å². The third-order valence-corrected chi connectivity index (χ3v) is 4.21. The Bertz CT molecular complexity index is 381. The second-order valence-electron chi connectivity index (χ2n) is 6.11. The van der Waals surface area contributed by atoms with E-state index in [1.54, 1.807) is 0 Å². The van der Waals surface area contributed by atoms with Crippen molar-refractivity contribution in [3.05, 3.63) is 35.9 Å². The molecule has 2 rings (SSSR count). The first kappa shape index (κ1) is 14.5. The lowest BCUT2D eigenvalue weighted by Crippen LogP contribution is -2.46. The Morgan fingerprint density at radius 3 is 2.32 bits per heavy atom. The van der Waals surface area contributed by atoms with Crippen LogP contribution in [0.15, 0.2) is 30.3 Å². The van der Waals surface area contributed by atoms with Crippen LogP contribution in [-0.2, 0) is 5.60 Å². The van der Waals surface area contributed by atoms with E-state index in [4.69, 9.17) is 0 Å². The van der Waals surface area contributed by atoms with Gasteiger partial charge >= 0.3 is 0 Å². The Morgan fingerprint density at radius 1 is 1.21 bits per heavy atom. The Labute approximate surface area is 116 Å². The molecule has 0 saturated carbocycles. The van der Waals surface area contributed by atoms with Crippen LogP contribution in [-0.4, -0.2) is 54.7 Å². The first-order valence-electron chi connectivity index (χ1n) is 7.16. The molecule has 1 saturated heterocycles. The Hall–Kier alpha value is -0.900. The zero-order chi connectivity index (χ0) is 13.9. The molecule has 1 aliphatic heterocycles. The molecule has 3 nitrogen and oxygen atoms in total. The molecule has 106 valence electrons. The van der Waals surface area contributed by atoms with E-state index in [0.717, 1.165) is 25.2 Å². The van der Waals surface area contributed by atoms with E-state index in [1.165, 1.54) is 12.8 Å². The predicted octanol–water partition coefficient (Wildman–Crippen LogP) is 1.92. The van der Waals surface area contributed by atoms with Gasteiger partial charge in [-0.1, -0.05) is 30.3 Å². The summed E-state index contributed by atoms with van der Waals surface area (Å²) >= 11 is 0. The van der Waals surface area contributed by atoms with Crippen LogP contribution in [0.25, 0.3) is 0 Å². The molecule has 0 aromatic heterocycles. The van der Waals surface area contributed by atoms with E-state index in [2.05, 4.69) is 23.9 Å². The third kappa shape index (κ3) is 3.78. The molecule has 1 aliphatic rings. The summed E-state index contributed by atoms with van der Waals surface area (Å²) < 4.78 is 0. The van der Waals surface area contributed by atoms with Gasteiger partial charge in [0.2, 0.25) is 0 Å². The zero-order valence-corrected chi connectivity index (χ0v) is 12.3. The van der Waals surface area contributed by atoms with E-state index in [0.29, 0.717) is 6.04 Å². The molecule has 0 aliphatic carbocycles. The molecule has 1 unspecified atom stereocenters. The monoisotopic (exact) mass is 262 g/mol. The summed E-state index contributed by atoms with van der Waals surface area (Å²) in [5.74, 6) is 0. The van der Waals surface area contributed by atoms with Crippen molar-refractivity contribution in [2.24, 2.45) is 0 Å². The number of rotatable bonds is 4. The Balaban J connectivity index is 1.92. The van der Waals surface area contributed by atoms with Crippen LogP contribution in [0, 0.1) is 0 Å². The van der Waals surface area contributed by atoms with Gasteiger partial charge in [-0.05, 0) is 52.5 Å². The molecule has 0 bridgehead atoms. The SMILES string of the molecule is CN(C)C1CCN(CC(C)(O)c2ccccc2)CC1. The maximum atomic E-state index is 10.7. The highest BCUT2D eigenvalue weighted by molar-refractivity contribution is 5.21. The minimum atomic E-state index is -0.758. The second kappa shape index (κ2) is 6.04. The molecule has 1 atom stereocenters. The smallest absolute Gasteiger partial charge is 0.0994 e. The molecule has 1 aromatic carbocycles. The van der Waals surface area contributed by atoms with Crippen LogP contribution in [0.4, 0.5) is 0 Å². The first-order valence-corrected chi connectivity index (χ1v) is 7.16. The van der Waals surface area contributed by atoms with Crippen LogP contribution in [0.5, 0.6) is 0 Å². The van der Waals surface area contributed by atoms with Crippen molar-refractivity contribution in [2.75, 3.05) is 33.7 Å². The quantitative estimate of drug-likeness (QED) is 0.898. The highest BCUT2D eigenvalue weighted by Gasteiger charge is 2.29. The van der Waals surface area contributed by atoms with Crippen LogP contribution in [0.2, 0.25) is 0 Å². The van der Waals surface area contributed by atoms with Gasteiger partial charge in [-0.15, -0.1) is 0 Å². The summed E-state index contributed by atoms with van der Waals surface area (Å²) in [4.78, 5) is 4.69. The molecule has 1 heterocycles. The Kier molecular flexibility index (Phi) is 4.61. The average molecular weight is 262 g/mol. The van der Waals surface area contributed by atoms with Gasteiger partial charge in [0.05, 0.1) is 5.60 Å². The molecule has 0 amide bonds. The van der Waals surface area contributed by atoms with Gasteiger partial charge in [-0.25, -0.2) is 0 Å². The molecule has 0 radical (unpaired) electrons. The first-order chi connectivity index (χ1) is 8.99. The molecule has 0 spiro atoms. The third-order valence-electron chi connectivity index (χ3n) is 4.21. The number of benzene rings is 1. The lowest BCUT2D eigenvalue weighted by molar-refractivity contribution is 0.00350. The highest BCUT2D eigenvalue weighted by atomic mass is 16.3. The molecular weight excluding hydrogens is 236 g/mol. The number of nitrogens with zero attached hydrogens (tertiary/aromatic N) is 2. The standard InChI is InChI=1S/C16H26N2O/c1-16(19,14-7-5-4-6-8-14)13-18-11-9-15(10-12-18)17(2)3/h4-8,15,19H,9-13H2,1-3H3. The molecule has 1 N–H and O–H groups in total. The summed E-state index contributed by atoms with van der Waals surface area (Å²) in [5.41, 5.74) is 0.247. The average Bonchev–Trinajstić information content (AvgIpc) is 2.40. The topological polar surface area (TPSA) is 26.7 Å². The Morgan fingerprint density at radius 2 is 1.79 bits per heavy atom. The van der Waals surface area contributed by atoms with E-state index in [1.807, 2.05) is 37.3 Å². The van der Waals surface area contributed by atoms with Gasteiger partial charge in [0.15, 0.2) is 0 Å². The minimum Gasteiger partial charge on any atom is -0.384 e. The van der Waals surface area contributed by atoms with Gasteiger partial charge in [0, 0.05) is 12.6 Å². The van der Waals surface area contributed by atoms with Crippen molar-refractivity contribution in [3.63, 3.8) is 0 Å². The summed E-state index contributed by atoms with van der Waals surface area (Å²) in [5, 5.41) is 10.7.